The average molecular weight is 403 g/mol. The first-order valence-corrected chi connectivity index (χ1v) is 11.8. The van der Waals surface area contributed by atoms with Gasteiger partial charge in [0, 0.05) is 32.3 Å². The highest BCUT2D eigenvalue weighted by Gasteiger charge is 2.46. The molecule has 0 aromatic rings. The minimum Gasteiger partial charge on any atom is -0.390 e. The van der Waals surface area contributed by atoms with Crippen molar-refractivity contribution >= 4 is 0 Å². The van der Waals surface area contributed by atoms with Crippen LogP contribution in [-0.4, -0.2) is 62.6 Å². The van der Waals surface area contributed by atoms with Crippen molar-refractivity contribution in [3.63, 3.8) is 0 Å². The Morgan fingerprint density at radius 3 is 1.64 bits per heavy atom. The molecule has 0 amide bonds. The Morgan fingerprint density at radius 1 is 0.643 bits per heavy atom. The van der Waals surface area contributed by atoms with Gasteiger partial charge in [-0.1, -0.05) is 53.4 Å². The number of aliphatic hydroxyl groups excluding tert-OH is 1. The van der Waals surface area contributed by atoms with E-state index >= 15 is 0 Å². The van der Waals surface area contributed by atoms with E-state index in [1.54, 1.807) is 0 Å². The van der Waals surface area contributed by atoms with Crippen LogP contribution in [0.4, 0.5) is 0 Å². The summed E-state index contributed by atoms with van der Waals surface area (Å²) in [5.41, 5.74) is 0. The van der Waals surface area contributed by atoms with E-state index in [0.29, 0.717) is 26.2 Å². The molecular formula is C23H46O5. The first kappa shape index (κ1) is 25.8. The van der Waals surface area contributed by atoms with Crippen LogP contribution >= 0.6 is 0 Å². The van der Waals surface area contributed by atoms with Crippen molar-refractivity contribution in [1.29, 1.82) is 0 Å². The summed E-state index contributed by atoms with van der Waals surface area (Å²) in [4.78, 5) is 0. The molecule has 5 atom stereocenters. The molecule has 28 heavy (non-hydrogen) atoms. The minimum absolute atomic E-state index is 0.0833. The highest BCUT2D eigenvalue weighted by atomic mass is 16.6. The summed E-state index contributed by atoms with van der Waals surface area (Å²) >= 11 is 0. The van der Waals surface area contributed by atoms with E-state index < -0.39 is 6.10 Å². The van der Waals surface area contributed by atoms with Gasteiger partial charge >= 0.3 is 0 Å². The van der Waals surface area contributed by atoms with Gasteiger partial charge < -0.3 is 24.1 Å². The summed E-state index contributed by atoms with van der Waals surface area (Å²) in [6, 6.07) is 0. The average Bonchev–Trinajstić information content (AvgIpc) is 2.69. The number of unbranched alkanes of at least 4 members (excludes halogenated alkanes) is 4. The van der Waals surface area contributed by atoms with E-state index in [-0.39, 0.29) is 24.2 Å². The summed E-state index contributed by atoms with van der Waals surface area (Å²) in [5.74, 6) is 0.140. The zero-order chi connectivity index (χ0) is 20.6. The molecule has 1 aliphatic carbocycles. The van der Waals surface area contributed by atoms with E-state index in [1.807, 2.05) is 0 Å². The van der Waals surface area contributed by atoms with Crippen molar-refractivity contribution in [3.05, 3.63) is 0 Å². The predicted molar refractivity (Wildman–Crippen MR) is 114 cm³/mol. The third-order valence-electron chi connectivity index (χ3n) is 5.43. The van der Waals surface area contributed by atoms with Gasteiger partial charge in [0.2, 0.25) is 0 Å². The first-order valence-electron chi connectivity index (χ1n) is 11.8. The molecule has 0 heterocycles. The Hall–Kier alpha value is -0.200. The van der Waals surface area contributed by atoms with Gasteiger partial charge in [-0.3, -0.25) is 0 Å². The summed E-state index contributed by atoms with van der Waals surface area (Å²) in [5, 5.41) is 10.8. The van der Waals surface area contributed by atoms with Gasteiger partial charge in [-0.25, -0.2) is 0 Å². The highest BCUT2D eigenvalue weighted by Crippen LogP contribution is 2.33. The van der Waals surface area contributed by atoms with Crippen molar-refractivity contribution in [1.82, 2.24) is 0 Å². The maximum absolute atomic E-state index is 10.8. The Kier molecular flexibility index (Phi) is 15.3. The fraction of sp³-hybridized carbons (Fsp3) is 1.00. The van der Waals surface area contributed by atoms with Crippen LogP contribution in [0.15, 0.2) is 0 Å². The maximum Gasteiger partial charge on any atom is 0.113 e. The SMILES string of the molecule is CCCCOCC1C[C@H](O)C(OCCCC)C(OCCCC)[C@H]1OCCCC. The third kappa shape index (κ3) is 9.53. The molecule has 0 aromatic carbocycles. The molecule has 1 N–H and O–H groups in total. The molecule has 0 saturated heterocycles. The Morgan fingerprint density at radius 2 is 1.11 bits per heavy atom. The Bertz CT molecular complexity index is 352. The zero-order valence-corrected chi connectivity index (χ0v) is 18.9. The molecule has 1 fully saturated rings. The number of hydrogen-bond donors (Lipinski definition) is 1. The molecule has 0 aliphatic heterocycles. The second-order valence-electron chi connectivity index (χ2n) is 8.06. The van der Waals surface area contributed by atoms with Gasteiger partial charge in [-0.2, -0.15) is 0 Å². The standard InChI is InChI=1S/C23H46O5/c1-5-9-13-25-18-19-17-20(24)22(27-15-11-7-3)23(28-16-12-8-4)21(19)26-14-10-6-2/h19-24H,5-18H2,1-4H3/t19?,20-,21-,22?,23?/m0/s1. The number of ether oxygens (including phenoxy) is 4. The summed E-state index contributed by atoms with van der Waals surface area (Å²) < 4.78 is 24.6. The molecule has 5 nitrogen and oxygen atoms in total. The fourth-order valence-corrected chi connectivity index (χ4v) is 3.61. The normalized spacial score (nSPS) is 28.0. The van der Waals surface area contributed by atoms with E-state index in [1.165, 1.54) is 0 Å². The maximum atomic E-state index is 10.8. The second kappa shape index (κ2) is 16.6. The molecule has 168 valence electrons. The fourth-order valence-electron chi connectivity index (χ4n) is 3.61. The van der Waals surface area contributed by atoms with E-state index in [2.05, 4.69) is 27.7 Å². The van der Waals surface area contributed by atoms with Gasteiger partial charge in [-0.05, 0) is 32.1 Å². The molecule has 1 saturated carbocycles. The van der Waals surface area contributed by atoms with E-state index in [4.69, 9.17) is 18.9 Å². The minimum atomic E-state index is -0.533. The quantitative estimate of drug-likeness (QED) is 0.356. The summed E-state index contributed by atoms with van der Waals surface area (Å²) in [6.45, 7) is 12.1. The molecule has 1 aliphatic rings. The molecule has 3 unspecified atom stereocenters. The number of rotatable bonds is 17. The van der Waals surface area contributed by atoms with Gasteiger partial charge in [0.25, 0.3) is 0 Å². The first-order chi connectivity index (χ1) is 13.7. The van der Waals surface area contributed by atoms with Gasteiger partial charge in [-0.15, -0.1) is 0 Å². The van der Waals surface area contributed by atoms with Gasteiger partial charge in [0.1, 0.15) is 12.2 Å². The van der Waals surface area contributed by atoms with E-state index in [9.17, 15) is 5.11 Å². The lowest BCUT2D eigenvalue weighted by Gasteiger charge is -2.44. The molecule has 1 rings (SSSR count). The summed E-state index contributed by atoms with van der Waals surface area (Å²) in [6.07, 6.45) is 7.97. The molecule has 0 spiro atoms. The van der Waals surface area contributed by atoms with Crippen LogP contribution in [0.25, 0.3) is 0 Å². The molecule has 0 bridgehead atoms. The smallest absolute Gasteiger partial charge is 0.113 e. The van der Waals surface area contributed by atoms with Crippen LogP contribution in [0.1, 0.15) is 85.5 Å². The predicted octanol–water partition coefficient (Wildman–Crippen LogP) is 4.74. The van der Waals surface area contributed by atoms with Crippen molar-refractivity contribution in [2.24, 2.45) is 5.92 Å². The monoisotopic (exact) mass is 402 g/mol. The molecule has 0 radical (unpaired) electrons. The molecule has 5 heteroatoms. The third-order valence-corrected chi connectivity index (χ3v) is 5.43. The lowest BCUT2D eigenvalue weighted by molar-refractivity contribution is -0.216. The highest BCUT2D eigenvalue weighted by molar-refractivity contribution is 4.96. The zero-order valence-electron chi connectivity index (χ0n) is 18.9. The van der Waals surface area contributed by atoms with Crippen LogP contribution in [0.2, 0.25) is 0 Å². The largest absolute Gasteiger partial charge is 0.390 e. The topological polar surface area (TPSA) is 57.2 Å². The lowest BCUT2D eigenvalue weighted by atomic mass is 9.80. The van der Waals surface area contributed by atoms with E-state index in [0.717, 1.165) is 64.6 Å². The number of aliphatic hydroxyl groups is 1. The van der Waals surface area contributed by atoms with Gasteiger partial charge in [0.15, 0.2) is 0 Å². The van der Waals surface area contributed by atoms with Crippen LogP contribution in [0, 0.1) is 5.92 Å². The van der Waals surface area contributed by atoms with Crippen LogP contribution < -0.4 is 0 Å². The van der Waals surface area contributed by atoms with Gasteiger partial charge in [0.05, 0.1) is 18.8 Å². The van der Waals surface area contributed by atoms with Crippen molar-refractivity contribution < 1.29 is 24.1 Å². The Balaban J connectivity index is 2.84. The Labute approximate surface area is 173 Å². The van der Waals surface area contributed by atoms with Crippen LogP contribution in [0.3, 0.4) is 0 Å². The van der Waals surface area contributed by atoms with Crippen LogP contribution in [0.5, 0.6) is 0 Å². The molecular weight excluding hydrogens is 356 g/mol. The van der Waals surface area contributed by atoms with Crippen molar-refractivity contribution in [2.75, 3.05) is 33.0 Å². The second-order valence-corrected chi connectivity index (χ2v) is 8.06. The molecule has 0 aromatic heterocycles. The summed E-state index contributed by atoms with van der Waals surface area (Å²) in [7, 11) is 0. The lowest BCUT2D eigenvalue weighted by Crippen LogP contribution is -2.58. The number of hydrogen-bond acceptors (Lipinski definition) is 5. The van der Waals surface area contributed by atoms with Crippen LogP contribution in [-0.2, 0) is 18.9 Å². The van der Waals surface area contributed by atoms with Crippen molar-refractivity contribution in [2.45, 2.75) is 110 Å². The van der Waals surface area contributed by atoms with Crippen molar-refractivity contribution in [3.8, 4) is 0 Å².